The zero-order valence-corrected chi connectivity index (χ0v) is 15.4. The predicted molar refractivity (Wildman–Crippen MR) is 108 cm³/mol. The van der Waals surface area contributed by atoms with E-state index in [1.54, 1.807) is 0 Å². The SMILES string of the molecule is Cn1c2c(c3cc(CNC(=O)O)ccc31)CC/C2=N\CCc1ccccc1. The quantitative estimate of drug-likeness (QED) is 0.723. The molecule has 0 atom stereocenters. The summed E-state index contributed by atoms with van der Waals surface area (Å²) in [5.74, 6) is 0. The number of carboxylic acid groups (broad SMARTS) is 1. The maximum atomic E-state index is 10.7. The molecular formula is C22H23N3O2. The Balaban J connectivity index is 1.59. The molecule has 0 spiro atoms. The molecule has 5 heteroatoms. The van der Waals surface area contributed by atoms with Gasteiger partial charge in [0.15, 0.2) is 0 Å². The Bertz CT molecular complexity index is 1020. The van der Waals surface area contributed by atoms with Gasteiger partial charge in [-0.2, -0.15) is 0 Å². The van der Waals surface area contributed by atoms with E-state index in [-0.39, 0.29) is 0 Å². The fourth-order valence-electron chi connectivity index (χ4n) is 3.96. The number of rotatable bonds is 5. The Morgan fingerprint density at radius 3 is 2.74 bits per heavy atom. The van der Waals surface area contributed by atoms with Gasteiger partial charge in [0.2, 0.25) is 0 Å². The average Bonchev–Trinajstić information content (AvgIpc) is 3.21. The van der Waals surface area contributed by atoms with Gasteiger partial charge < -0.3 is 15.0 Å². The van der Waals surface area contributed by atoms with Crippen LogP contribution < -0.4 is 5.32 Å². The van der Waals surface area contributed by atoms with Gasteiger partial charge in [-0.05, 0) is 48.1 Å². The molecule has 0 saturated carbocycles. The van der Waals surface area contributed by atoms with Crippen molar-refractivity contribution in [3.63, 3.8) is 0 Å². The first kappa shape index (κ1) is 17.3. The van der Waals surface area contributed by atoms with E-state index in [1.165, 1.54) is 33.4 Å². The van der Waals surface area contributed by atoms with Crippen LogP contribution in [0.3, 0.4) is 0 Å². The van der Waals surface area contributed by atoms with Crippen LogP contribution in [0.15, 0.2) is 53.5 Å². The van der Waals surface area contributed by atoms with E-state index in [0.717, 1.165) is 31.4 Å². The summed E-state index contributed by atoms with van der Waals surface area (Å²) in [6, 6.07) is 16.6. The van der Waals surface area contributed by atoms with Crippen LogP contribution in [-0.2, 0) is 26.4 Å². The van der Waals surface area contributed by atoms with Crippen LogP contribution in [0.25, 0.3) is 10.9 Å². The number of hydrogen-bond acceptors (Lipinski definition) is 2. The van der Waals surface area contributed by atoms with Crippen LogP contribution in [0, 0.1) is 0 Å². The number of nitrogens with zero attached hydrogens (tertiary/aromatic N) is 2. The minimum Gasteiger partial charge on any atom is -0.465 e. The third-order valence-corrected chi connectivity index (χ3v) is 5.24. The van der Waals surface area contributed by atoms with Gasteiger partial charge in [0.05, 0.1) is 11.4 Å². The highest BCUT2D eigenvalue weighted by Gasteiger charge is 2.25. The first-order valence-corrected chi connectivity index (χ1v) is 9.28. The molecule has 1 amide bonds. The van der Waals surface area contributed by atoms with E-state index in [9.17, 15) is 4.79 Å². The van der Waals surface area contributed by atoms with Crippen molar-refractivity contribution in [1.82, 2.24) is 9.88 Å². The number of carbonyl (C=O) groups is 1. The Hall–Kier alpha value is -3.08. The minimum absolute atomic E-state index is 0.326. The monoisotopic (exact) mass is 361 g/mol. The molecule has 3 aromatic rings. The molecule has 4 rings (SSSR count). The lowest BCUT2D eigenvalue weighted by Crippen LogP contribution is -2.19. The Kier molecular flexibility index (Phi) is 4.67. The van der Waals surface area contributed by atoms with E-state index < -0.39 is 6.09 Å². The Labute approximate surface area is 158 Å². The summed E-state index contributed by atoms with van der Waals surface area (Å²) in [6.45, 7) is 1.13. The second-order valence-corrected chi connectivity index (χ2v) is 6.96. The molecule has 2 aromatic carbocycles. The molecule has 1 aromatic heterocycles. The van der Waals surface area contributed by atoms with Crippen molar-refractivity contribution in [2.24, 2.45) is 12.0 Å². The summed E-state index contributed by atoms with van der Waals surface area (Å²) in [4.78, 5) is 15.6. The van der Waals surface area contributed by atoms with Crippen molar-refractivity contribution >= 4 is 22.7 Å². The Morgan fingerprint density at radius 2 is 1.96 bits per heavy atom. The van der Waals surface area contributed by atoms with Gasteiger partial charge in [0.1, 0.15) is 0 Å². The smallest absolute Gasteiger partial charge is 0.404 e. The number of hydrogen-bond donors (Lipinski definition) is 2. The topological polar surface area (TPSA) is 66.6 Å². The van der Waals surface area contributed by atoms with Crippen molar-refractivity contribution in [3.8, 4) is 0 Å². The molecule has 0 saturated heterocycles. The fourth-order valence-corrected chi connectivity index (χ4v) is 3.96. The molecule has 0 aliphatic heterocycles. The predicted octanol–water partition coefficient (Wildman–Crippen LogP) is 3.92. The molecule has 0 bridgehead atoms. The highest BCUT2D eigenvalue weighted by Crippen LogP contribution is 2.33. The van der Waals surface area contributed by atoms with Gasteiger partial charge in [0, 0.05) is 31.0 Å². The lowest BCUT2D eigenvalue weighted by Gasteiger charge is -2.06. The first-order valence-electron chi connectivity index (χ1n) is 9.28. The maximum Gasteiger partial charge on any atom is 0.404 e. The summed E-state index contributed by atoms with van der Waals surface area (Å²) in [5, 5.41) is 12.5. The Morgan fingerprint density at radius 1 is 1.15 bits per heavy atom. The number of aliphatic imine (C=N–C) groups is 1. The number of fused-ring (bicyclic) bond motifs is 3. The fraction of sp³-hybridized carbons (Fsp3) is 0.273. The van der Waals surface area contributed by atoms with Crippen LogP contribution in [0.2, 0.25) is 0 Å². The van der Waals surface area contributed by atoms with E-state index in [4.69, 9.17) is 10.1 Å². The van der Waals surface area contributed by atoms with Crippen LogP contribution in [0.4, 0.5) is 4.79 Å². The van der Waals surface area contributed by atoms with E-state index >= 15 is 0 Å². The van der Waals surface area contributed by atoms with Crippen molar-refractivity contribution in [1.29, 1.82) is 0 Å². The maximum absolute atomic E-state index is 10.7. The van der Waals surface area contributed by atoms with Crippen LogP contribution >= 0.6 is 0 Å². The van der Waals surface area contributed by atoms with Crippen molar-refractivity contribution in [2.75, 3.05) is 6.54 Å². The van der Waals surface area contributed by atoms with Crippen molar-refractivity contribution in [2.45, 2.75) is 25.8 Å². The molecule has 0 fully saturated rings. The lowest BCUT2D eigenvalue weighted by atomic mass is 10.1. The molecule has 0 unspecified atom stereocenters. The second kappa shape index (κ2) is 7.27. The van der Waals surface area contributed by atoms with Crippen molar-refractivity contribution < 1.29 is 9.90 Å². The molecule has 138 valence electrons. The average molecular weight is 361 g/mol. The van der Waals surface area contributed by atoms with Crippen LogP contribution in [-0.4, -0.2) is 28.0 Å². The summed E-state index contributed by atoms with van der Waals surface area (Å²) in [7, 11) is 2.09. The molecule has 2 N–H and O–H groups in total. The van der Waals surface area contributed by atoms with Gasteiger partial charge in [-0.25, -0.2) is 4.79 Å². The van der Waals surface area contributed by atoms with Crippen molar-refractivity contribution in [3.05, 3.63) is 70.9 Å². The van der Waals surface area contributed by atoms with Gasteiger partial charge in [-0.15, -0.1) is 0 Å². The molecular weight excluding hydrogens is 338 g/mol. The molecule has 5 nitrogen and oxygen atoms in total. The third kappa shape index (κ3) is 3.45. The standard InChI is InChI=1S/C22H23N3O2/c1-25-20-10-7-16(14-24-22(26)27)13-18(20)17-8-9-19(21(17)25)23-12-11-15-5-3-2-4-6-15/h2-7,10,13,24H,8-9,11-12,14H2,1H3,(H,26,27)/b23-19+. The third-order valence-electron chi connectivity index (χ3n) is 5.24. The van der Waals surface area contributed by atoms with E-state index in [1.807, 2.05) is 12.1 Å². The largest absolute Gasteiger partial charge is 0.465 e. The van der Waals surface area contributed by atoms with E-state index in [0.29, 0.717) is 6.54 Å². The summed E-state index contributed by atoms with van der Waals surface area (Å²) in [6.07, 6.45) is 1.92. The van der Waals surface area contributed by atoms with Gasteiger partial charge in [-0.3, -0.25) is 4.99 Å². The molecule has 0 radical (unpaired) electrons. The number of aromatic nitrogens is 1. The zero-order valence-electron chi connectivity index (χ0n) is 15.4. The molecule has 1 heterocycles. The van der Waals surface area contributed by atoms with Gasteiger partial charge in [0.25, 0.3) is 0 Å². The number of benzene rings is 2. The number of nitrogens with one attached hydrogen (secondary N) is 1. The highest BCUT2D eigenvalue weighted by molar-refractivity contribution is 6.09. The molecule has 1 aliphatic rings. The lowest BCUT2D eigenvalue weighted by molar-refractivity contribution is 0.194. The van der Waals surface area contributed by atoms with Crippen LogP contribution in [0.5, 0.6) is 0 Å². The summed E-state index contributed by atoms with van der Waals surface area (Å²) < 4.78 is 2.23. The second-order valence-electron chi connectivity index (χ2n) is 6.96. The van der Waals surface area contributed by atoms with E-state index in [2.05, 4.69) is 53.3 Å². The van der Waals surface area contributed by atoms with Crippen LogP contribution in [0.1, 0.15) is 28.8 Å². The first-order chi connectivity index (χ1) is 13.1. The van der Waals surface area contributed by atoms with Gasteiger partial charge in [-0.1, -0.05) is 36.4 Å². The summed E-state index contributed by atoms with van der Waals surface area (Å²) >= 11 is 0. The molecule has 27 heavy (non-hydrogen) atoms. The molecule has 1 aliphatic carbocycles. The number of amides is 1. The number of aryl methyl sites for hydroxylation is 2. The highest BCUT2D eigenvalue weighted by atomic mass is 16.4. The zero-order chi connectivity index (χ0) is 18.8. The normalized spacial score (nSPS) is 14.6. The minimum atomic E-state index is -0.999. The van der Waals surface area contributed by atoms with Gasteiger partial charge >= 0.3 is 6.09 Å². The summed E-state index contributed by atoms with van der Waals surface area (Å²) in [5.41, 5.74) is 7.23.